The maximum Gasteiger partial charge on any atom is 0.151 e. The van der Waals surface area contributed by atoms with Crippen LogP contribution in [0.2, 0.25) is 0 Å². The standard InChI is InChI=1S/C39H35N3O2/c1-39(2)27-23-25(41-31-11-3-7-15-35(31)43-36-16-8-4-12-32(36)41)19-21-29(27)40-30-22-20-26(24-28(30)39)42-33-13-5-9-17-37(33)44-38-18-10-6-14-34(38)42/h3-5,7-12,15-19,21-24,26,33,40H,6,13-14,20H2,1-2H3. The number of nitrogens with one attached hydrogen (secondary N) is 1. The van der Waals surface area contributed by atoms with Gasteiger partial charge in [-0.3, -0.25) is 0 Å². The van der Waals surface area contributed by atoms with Crippen molar-refractivity contribution < 1.29 is 9.47 Å². The highest BCUT2D eigenvalue weighted by Gasteiger charge is 2.42. The summed E-state index contributed by atoms with van der Waals surface area (Å²) in [5.41, 5.74) is 9.43. The summed E-state index contributed by atoms with van der Waals surface area (Å²) in [6.45, 7) is 4.75. The molecule has 3 aliphatic heterocycles. The van der Waals surface area contributed by atoms with Crippen LogP contribution in [-0.4, -0.2) is 17.0 Å². The molecule has 3 aromatic carbocycles. The molecular weight excluding hydrogens is 542 g/mol. The Morgan fingerprint density at radius 1 is 0.886 bits per heavy atom. The van der Waals surface area contributed by atoms with E-state index in [-0.39, 0.29) is 17.5 Å². The van der Waals surface area contributed by atoms with Crippen LogP contribution in [0.25, 0.3) is 0 Å². The van der Waals surface area contributed by atoms with Crippen LogP contribution in [0.1, 0.15) is 45.1 Å². The Kier molecular flexibility index (Phi) is 5.55. The lowest BCUT2D eigenvalue weighted by molar-refractivity contribution is 0.117. The minimum Gasteiger partial charge on any atom is -0.458 e. The van der Waals surface area contributed by atoms with Gasteiger partial charge in [-0.2, -0.15) is 0 Å². The Balaban J connectivity index is 1.13. The van der Waals surface area contributed by atoms with Crippen LogP contribution in [-0.2, 0) is 10.2 Å². The lowest BCUT2D eigenvalue weighted by Crippen LogP contribution is -2.48. The lowest BCUT2D eigenvalue weighted by atomic mass is 9.70. The summed E-state index contributed by atoms with van der Waals surface area (Å²) in [7, 11) is 0. The van der Waals surface area contributed by atoms with Crippen LogP contribution in [0.4, 0.5) is 22.7 Å². The minimum absolute atomic E-state index is 0.201. The molecule has 0 amide bonds. The Morgan fingerprint density at radius 3 is 2.50 bits per heavy atom. The first-order chi connectivity index (χ1) is 21.6. The summed E-state index contributed by atoms with van der Waals surface area (Å²) < 4.78 is 12.7. The molecule has 6 aliphatic rings. The van der Waals surface area contributed by atoms with Gasteiger partial charge >= 0.3 is 0 Å². The topological polar surface area (TPSA) is 37.0 Å². The largest absolute Gasteiger partial charge is 0.458 e. The molecule has 2 atom stereocenters. The highest BCUT2D eigenvalue weighted by molar-refractivity contribution is 5.87. The minimum atomic E-state index is -0.201. The van der Waals surface area contributed by atoms with Crippen molar-refractivity contribution >= 4 is 22.7 Å². The quantitative estimate of drug-likeness (QED) is 0.257. The maximum atomic E-state index is 6.43. The third-order valence-electron chi connectivity index (χ3n) is 9.94. The van der Waals surface area contributed by atoms with Gasteiger partial charge in [-0.1, -0.05) is 68.5 Å². The summed E-state index contributed by atoms with van der Waals surface area (Å²) >= 11 is 0. The fourth-order valence-electron chi connectivity index (χ4n) is 7.80. The molecule has 0 bridgehead atoms. The van der Waals surface area contributed by atoms with E-state index in [1.54, 1.807) is 0 Å². The molecule has 0 saturated carbocycles. The van der Waals surface area contributed by atoms with Gasteiger partial charge in [0.25, 0.3) is 0 Å². The number of benzene rings is 3. The summed E-state index contributed by atoms with van der Waals surface area (Å²) in [5.74, 6) is 3.82. The Labute approximate surface area is 258 Å². The second-order valence-corrected chi connectivity index (χ2v) is 12.9. The molecular formula is C39H35N3O2. The predicted molar refractivity (Wildman–Crippen MR) is 176 cm³/mol. The number of hydrogen-bond donors (Lipinski definition) is 1. The van der Waals surface area contributed by atoms with Crippen LogP contribution in [0.5, 0.6) is 11.5 Å². The molecule has 9 rings (SSSR count). The van der Waals surface area contributed by atoms with Crippen molar-refractivity contribution in [3.05, 3.63) is 143 Å². The zero-order chi connectivity index (χ0) is 29.4. The molecule has 3 aliphatic carbocycles. The number of rotatable bonds is 2. The molecule has 0 fully saturated rings. The van der Waals surface area contributed by atoms with Gasteiger partial charge in [0.2, 0.25) is 0 Å². The molecule has 3 aromatic rings. The van der Waals surface area contributed by atoms with E-state index in [9.17, 15) is 0 Å². The first-order valence-electron chi connectivity index (χ1n) is 15.8. The van der Waals surface area contributed by atoms with E-state index < -0.39 is 0 Å². The summed E-state index contributed by atoms with van der Waals surface area (Å²) in [4.78, 5) is 5.00. The zero-order valence-corrected chi connectivity index (χ0v) is 25.1. The molecule has 5 nitrogen and oxygen atoms in total. The normalized spacial score (nSPS) is 23.6. The number of hydrogen-bond acceptors (Lipinski definition) is 5. The number of anilines is 4. The molecule has 44 heavy (non-hydrogen) atoms. The smallest absolute Gasteiger partial charge is 0.151 e. The second kappa shape index (κ2) is 9.55. The first kappa shape index (κ1) is 25.6. The summed E-state index contributed by atoms with van der Waals surface area (Å²) in [6, 6.07) is 23.9. The number of ether oxygens (including phenoxy) is 2. The number of para-hydroxylation sites is 4. The Hall–Kier alpha value is -4.90. The van der Waals surface area contributed by atoms with Crippen molar-refractivity contribution in [2.75, 3.05) is 10.2 Å². The van der Waals surface area contributed by atoms with Crippen molar-refractivity contribution in [3.63, 3.8) is 0 Å². The van der Waals surface area contributed by atoms with Crippen LogP contribution in [0.15, 0.2) is 138 Å². The monoisotopic (exact) mass is 577 g/mol. The van der Waals surface area contributed by atoms with Gasteiger partial charge in [-0.15, -0.1) is 0 Å². The molecule has 218 valence electrons. The molecule has 0 spiro atoms. The van der Waals surface area contributed by atoms with E-state index in [4.69, 9.17) is 9.47 Å². The van der Waals surface area contributed by atoms with E-state index >= 15 is 0 Å². The van der Waals surface area contributed by atoms with Gasteiger partial charge in [0, 0.05) is 22.5 Å². The maximum absolute atomic E-state index is 6.43. The van der Waals surface area contributed by atoms with Crippen LogP contribution >= 0.6 is 0 Å². The summed E-state index contributed by atoms with van der Waals surface area (Å²) in [6.07, 6.45) is 19.9. The molecule has 0 radical (unpaired) electrons. The van der Waals surface area contributed by atoms with Crippen LogP contribution in [0.3, 0.4) is 0 Å². The van der Waals surface area contributed by atoms with E-state index in [0.717, 1.165) is 65.8 Å². The molecule has 0 saturated heterocycles. The Bertz CT molecular complexity index is 1860. The number of nitrogens with zero attached hydrogens (tertiary/aromatic N) is 2. The highest BCUT2D eigenvalue weighted by atomic mass is 16.5. The number of allylic oxidation sites excluding steroid dienone is 6. The van der Waals surface area contributed by atoms with Gasteiger partial charge < -0.3 is 24.6 Å². The van der Waals surface area contributed by atoms with Crippen molar-refractivity contribution in [1.82, 2.24) is 4.90 Å². The van der Waals surface area contributed by atoms with E-state index in [2.05, 4.69) is 114 Å². The molecule has 0 aromatic heterocycles. The molecule has 1 N–H and O–H groups in total. The summed E-state index contributed by atoms with van der Waals surface area (Å²) in [5, 5.41) is 3.82. The SMILES string of the molecule is CC1(C)C2=CC(N3C4=C(C=CCC4)OC4=CC=CCC43)CC=C2Nc2ccc(N3c4ccccc4Oc4ccccc43)cc21. The molecule has 3 heterocycles. The first-order valence-corrected chi connectivity index (χ1v) is 15.8. The van der Waals surface area contributed by atoms with Crippen molar-refractivity contribution in [2.45, 2.75) is 57.0 Å². The predicted octanol–water partition coefficient (Wildman–Crippen LogP) is 9.65. The van der Waals surface area contributed by atoms with Crippen molar-refractivity contribution in [1.29, 1.82) is 0 Å². The van der Waals surface area contributed by atoms with Gasteiger partial charge in [0.15, 0.2) is 11.5 Å². The lowest BCUT2D eigenvalue weighted by Gasteiger charge is -2.48. The van der Waals surface area contributed by atoms with Gasteiger partial charge in [-0.25, -0.2) is 0 Å². The van der Waals surface area contributed by atoms with E-state index in [1.807, 2.05) is 24.3 Å². The Morgan fingerprint density at radius 2 is 1.68 bits per heavy atom. The van der Waals surface area contributed by atoms with E-state index in [1.165, 1.54) is 28.2 Å². The average Bonchev–Trinajstić information content (AvgIpc) is 3.06. The third kappa shape index (κ3) is 3.78. The van der Waals surface area contributed by atoms with Crippen LogP contribution < -0.4 is 15.0 Å². The van der Waals surface area contributed by atoms with Gasteiger partial charge in [0.1, 0.15) is 11.5 Å². The average molecular weight is 578 g/mol. The fraction of sp³-hybridized carbons (Fsp3) is 0.231. The van der Waals surface area contributed by atoms with Crippen LogP contribution in [0, 0.1) is 0 Å². The van der Waals surface area contributed by atoms with E-state index in [0.29, 0.717) is 0 Å². The van der Waals surface area contributed by atoms with Gasteiger partial charge in [0.05, 0.1) is 29.2 Å². The number of fused-ring (bicyclic) bond motifs is 5. The van der Waals surface area contributed by atoms with Crippen molar-refractivity contribution in [2.24, 2.45) is 0 Å². The highest BCUT2D eigenvalue weighted by Crippen LogP contribution is 2.53. The third-order valence-corrected chi connectivity index (χ3v) is 9.94. The zero-order valence-electron chi connectivity index (χ0n) is 25.1. The molecule has 5 heteroatoms. The van der Waals surface area contributed by atoms with Crippen molar-refractivity contribution in [3.8, 4) is 11.5 Å². The molecule has 2 unspecified atom stereocenters. The van der Waals surface area contributed by atoms with Gasteiger partial charge in [-0.05, 0) is 91.4 Å². The second-order valence-electron chi connectivity index (χ2n) is 12.9. The fourth-order valence-corrected chi connectivity index (χ4v) is 7.80.